The van der Waals surface area contributed by atoms with Crippen molar-refractivity contribution in [2.24, 2.45) is 0 Å². The molecule has 3 aromatic carbocycles. The Kier molecular flexibility index (Phi) is 9.28. The predicted octanol–water partition coefficient (Wildman–Crippen LogP) is 5.08. The average molecular weight is 523 g/mol. The van der Waals surface area contributed by atoms with Crippen LogP contribution in [0.4, 0.5) is 0 Å². The van der Waals surface area contributed by atoms with E-state index in [2.05, 4.69) is 28.2 Å². The van der Waals surface area contributed by atoms with Crippen LogP contribution < -0.4 is 10.1 Å². The molecule has 0 aliphatic carbocycles. The number of hydrogen-bond donors (Lipinski definition) is 1. The third-order valence-corrected chi connectivity index (χ3v) is 6.49. The molecule has 0 aliphatic rings. The lowest BCUT2D eigenvalue weighted by molar-refractivity contribution is -0.142. The van der Waals surface area contributed by atoms with E-state index in [1.165, 1.54) is 5.56 Å². The maximum atomic E-state index is 13.5. The van der Waals surface area contributed by atoms with Gasteiger partial charge in [-0.1, -0.05) is 67.6 Å². The molecule has 0 saturated heterocycles. The number of likely N-dealkylation sites (N-methyl/N-ethyl adjacent to an activating group) is 1. The Hall–Kier alpha value is -3.12. The Morgan fingerprint density at radius 2 is 1.71 bits per heavy atom. The summed E-state index contributed by atoms with van der Waals surface area (Å²) in [5.74, 6) is 0.138. The van der Waals surface area contributed by atoms with Crippen LogP contribution >= 0.6 is 15.9 Å². The van der Waals surface area contributed by atoms with E-state index >= 15 is 0 Å². The lowest BCUT2D eigenvalue weighted by Gasteiger charge is -2.31. The first-order valence-corrected chi connectivity index (χ1v) is 12.2. The predicted molar refractivity (Wildman–Crippen MR) is 139 cm³/mol. The van der Waals surface area contributed by atoms with Crippen LogP contribution in [0.2, 0.25) is 0 Å². The molecular weight excluding hydrogens is 492 g/mol. The van der Waals surface area contributed by atoms with Gasteiger partial charge in [-0.15, -0.1) is 0 Å². The molecule has 0 unspecified atom stereocenters. The molecule has 6 heteroatoms. The molecule has 1 N–H and O–H groups in total. The number of ether oxygens (including phenoxy) is 1. The van der Waals surface area contributed by atoms with E-state index in [0.29, 0.717) is 18.7 Å². The number of halogens is 1. The van der Waals surface area contributed by atoms with Crippen molar-refractivity contribution in [1.29, 1.82) is 0 Å². The molecule has 0 saturated carbocycles. The number of benzene rings is 3. The number of nitrogens with one attached hydrogen (secondary N) is 1. The molecule has 0 radical (unpaired) electrons. The lowest BCUT2D eigenvalue weighted by atomic mass is 10.0. The molecule has 3 rings (SSSR count). The quantitative estimate of drug-likeness (QED) is 0.403. The van der Waals surface area contributed by atoms with Gasteiger partial charge >= 0.3 is 0 Å². The first-order valence-electron chi connectivity index (χ1n) is 11.4. The van der Waals surface area contributed by atoms with E-state index in [9.17, 15) is 9.59 Å². The van der Waals surface area contributed by atoms with Gasteiger partial charge in [-0.2, -0.15) is 0 Å². The molecule has 0 heterocycles. The molecule has 5 nitrogen and oxygen atoms in total. The van der Waals surface area contributed by atoms with E-state index in [1.807, 2.05) is 79.7 Å². The third kappa shape index (κ3) is 6.70. The van der Waals surface area contributed by atoms with E-state index in [0.717, 1.165) is 27.6 Å². The molecule has 34 heavy (non-hydrogen) atoms. The molecule has 0 bridgehead atoms. The molecule has 3 aromatic rings. The summed E-state index contributed by atoms with van der Waals surface area (Å²) in [4.78, 5) is 28.1. The van der Waals surface area contributed by atoms with Gasteiger partial charge in [0.2, 0.25) is 5.91 Å². The van der Waals surface area contributed by atoms with Crippen molar-refractivity contribution in [2.45, 2.75) is 39.3 Å². The molecule has 0 aromatic heterocycles. The standard InChI is InChI=1S/C28H31BrN2O3/c1-4-21-14-15-26(24(29)16-21)34-19-27(32)31(18-23-13-9-8-10-20(23)2)25(28(33)30-3)17-22-11-6-5-7-12-22/h5-16,25H,4,17-19H2,1-3H3,(H,30,33)/t25-/m0/s1. The van der Waals surface area contributed by atoms with E-state index in [1.54, 1.807) is 11.9 Å². The minimum Gasteiger partial charge on any atom is -0.483 e. The molecule has 0 fully saturated rings. The topological polar surface area (TPSA) is 58.6 Å². The molecule has 0 aliphatic heterocycles. The van der Waals surface area contributed by atoms with Crippen molar-refractivity contribution >= 4 is 27.7 Å². The van der Waals surface area contributed by atoms with Crippen LogP contribution in [-0.4, -0.2) is 36.4 Å². The molecule has 178 valence electrons. The highest BCUT2D eigenvalue weighted by atomic mass is 79.9. The first-order chi connectivity index (χ1) is 16.4. The van der Waals surface area contributed by atoms with Gasteiger partial charge in [-0.25, -0.2) is 0 Å². The van der Waals surface area contributed by atoms with Crippen LogP contribution in [-0.2, 0) is 29.0 Å². The van der Waals surface area contributed by atoms with Gasteiger partial charge in [0.25, 0.3) is 5.91 Å². The zero-order valence-corrected chi connectivity index (χ0v) is 21.5. The van der Waals surface area contributed by atoms with Gasteiger partial charge < -0.3 is 15.0 Å². The summed E-state index contributed by atoms with van der Waals surface area (Å²) in [5, 5.41) is 2.74. The van der Waals surface area contributed by atoms with Gasteiger partial charge in [0.1, 0.15) is 11.8 Å². The first kappa shape index (κ1) is 25.5. The average Bonchev–Trinajstić information content (AvgIpc) is 2.86. The molecule has 0 spiro atoms. The maximum Gasteiger partial charge on any atom is 0.261 e. The number of carbonyl (C=O) groups is 2. The minimum absolute atomic E-state index is 0.168. The van der Waals surface area contributed by atoms with Gasteiger partial charge in [0.15, 0.2) is 6.61 Å². The SMILES string of the molecule is CCc1ccc(OCC(=O)N(Cc2ccccc2C)[C@@H](Cc2ccccc2)C(=O)NC)c(Br)c1. The monoisotopic (exact) mass is 522 g/mol. The zero-order chi connectivity index (χ0) is 24.5. The summed E-state index contributed by atoms with van der Waals surface area (Å²) in [6.45, 7) is 4.24. The number of rotatable bonds is 10. The summed E-state index contributed by atoms with van der Waals surface area (Å²) < 4.78 is 6.69. The third-order valence-electron chi connectivity index (χ3n) is 5.88. The van der Waals surface area contributed by atoms with Gasteiger partial charge in [-0.05, 0) is 63.7 Å². The van der Waals surface area contributed by atoms with Crippen LogP contribution in [0.5, 0.6) is 5.75 Å². The fourth-order valence-corrected chi connectivity index (χ4v) is 4.34. The highest BCUT2D eigenvalue weighted by Gasteiger charge is 2.30. The number of hydrogen-bond acceptors (Lipinski definition) is 3. The smallest absolute Gasteiger partial charge is 0.261 e. The molecular formula is C28H31BrN2O3. The van der Waals surface area contributed by atoms with Crippen molar-refractivity contribution in [3.8, 4) is 5.75 Å². The van der Waals surface area contributed by atoms with Gasteiger partial charge in [0, 0.05) is 20.0 Å². The van der Waals surface area contributed by atoms with Crippen LogP contribution in [0.25, 0.3) is 0 Å². The van der Waals surface area contributed by atoms with Crippen LogP contribution in [0.3, 0.4) is 0 Å². The fraction of sp³-hybridized carbons (Fsp3) is 0.286. The Morgan fingerprint density at radius 3 is 2.35 bits per heavy atom. The van der Waals surface area contributed by atoms with Crippen molar-refractivity contribution in [2.75, 3.05) is 13.7 Å². The molecule has 2 amide bonds. The van der Waals surface area contributed by atoms with Crippen molar-refractivity contribution < 1.29 is 14.3 Å². The van der Waals surface area contributed by atoms with Crippen LogP contribution in [0.15, 0.2) is 77.3 Å². The highest BCUT2D eigenvalue weighted by molar-refractivity contribution is 9.10. The number of amides is 2. The van der Waals surface area contributed by atoms with E-state index in [-0.39, 0.29) is 18.4 Å². The lowest BCUT2D eigenvalue weighted by Crippen LogP contribution is -2.51. The summed E-state index contributed by atoms with van der Waals surface area (Å²) in [6, 6.07) is 22.8. The normalized spacial score (nSPS) is 11.5. The van der Waals surface area contributed by atoms with E-state index in [4.69, 9.17) is 4.74 Å². The number of aryl methyl sites for hydroxylation is 2. The van der Waals surface area contributed by atoms with Crippen molar-refractivity contribution in [3.05, 3.63) is 99.5 Å². The summed E-state index contributed by atoms with van der Waals surface area (Å²) in [6.07, 6.45) is 1.32. The second-order valence-electron chi connectivity index (χ2n) is 8.17. The number of carbonyl (C=O) groups excluding carboxylic acids is 2. The fourth-order valence-electron chi connectivity index (χ4n) is 3.80. The summed E-state index contributed by atoms with van der Waals surface area (Å²) in [7, 11) is 1.60. The van der Waals surface area contributed by atoms with Gasteiger partial charge in [0.05, 0.1) is 4.47 Å². The molecule has 1 atom stereocenters. The van der Waals surface area contributed by atoms with Crippen molar-refractivity contribution in [3.63, 3.8) is 0 Å². The summed E-state index contributed by atoms with van der Waals surface area (Å²) >= 11 is 3.53. The Morgan fingerprint density at radius 1 is 1.00 bits per heavy atom. The Labute approximate surface area is 210 Å². The van der Waals surface area contributed by atoms with Crippen LogP contribution in [0, 0.1) is 6.92 Å². The Balaban J connectivity index is 1.88. The van der Waals surface area contributed by atoms with E-state index < -0.39 is 6.04 Å². The maximum absolute atomic E-state index is 13.5. The Bertz CT molecular complexity index is 1120. The summed E-state index contributed by atoms with van der Waals surface area (Å²) in [5.41, 5.74) is 4.22. The largest absolute Gasteiger partial charge is 0.483 e. The minimum atomic E-state index is -0.672. The second-order valence-corrected chi connectivity index (χ2v) is 9.03. The van der Waals surface area contributed by atoms with Gasteiger partial charge in [-0.3, -0.25) is 9.59 Å². The van der Waals surface area contributed by atoms with Crippen molar-refractivity contribution in [1.82, 2.24) is 10.2 Å². The number of nitrogens with zero attached hydrogens (tertiary/aromatic N) is 1. The second kappa shape index (κ2) is 12.4. The highest BCUT2D eigenvalue weighted by Crippen LogP contribution is 2.26. The van der Waals surface area contributed by atoms with Crippen LogP contribution in [0.1, 0.15) is 29.2 Å². The zero-order valence-electron chi connectivity index (χ0n) is 19.9.